The van der Waals surface area contributed by atoms with Crippen LogP contribution in [0.15, 0.2) is 67.4 Å². The number of nitrogens with one attached hydrogen (secondary N) is 3. The van der Waals surface area contributed by atoms with Crippen LogP contribution in [-0.4, -0.2) is 77.9 Å². The van der Waals surface area contributed by atoms with Crippen molar-refractivity contribution in [3.63, 3.8) is 0 Å². The standard InChI is InChI=1S/C22H27N3O2.C22H28N2O2S.ClH/c1-2-3-12-27-22(26)24-17-7-8-21-19(14-17)20(15-23-21)16-9-11-25-10-5-4-6-18(25)13-16;1-4-19-21(15-9-11-24-10-5-6-17(24)12-15)18-13-16(7-8-20(18)27-19)23-22(25)26-14(2)3;/h2,7-9,14-15,18,23H,1,3-6,10-13H2,(H,24,26);7-9,13-14,17H,4-6,10-12H2,1-3H3,(H,23,25);1H. The third-order valence-corrected chi connectivity index (χ3v) is 12.4. The number of aryl methyl sites for hydroxylation is 1. The number of carbonyl (C=O) groups is 2. The van der Waals surface area contributed by atoms with Gasteiger partial charge in [-0.15, -0.1) is 30.3 Å². The summed E-state index contributed by atoms with van der Waals surface area (Å²) in [5.74, 6) is 0. The van der Waals surface area contributed by atoms with Gasteiger partial charge in [-0.2, -0.15) is 0 Å². The summed E-state index contributed by atoms with van der Waals surface area (Å²) in [6.07, 6.45) is 18.2. The zero-order valence-electron chi connectivity index (χ0n) is 32.5. The first-order valence-corrected chi connectivity index (χ1v) is 20.7. The number of hydrogen-bond acceptors (Lipinski definition) is 7. The maximum Gasteiger partial charge on any atom is 0.411 e. The van der Waals surface area contributed by atoms with Crippen LogP contribution in [0.1, 0.15) is 88.1 Å². The van der Waals surface area contributed by atoms with Crippen LogP contribution in [0.2, 0.25) is 0 Å². The van der Waals surface area contributed by atoms with Gasteiger partial charge in [0.25, 0.3) is 0 Å². The van der Waals surface area contributed by atoms with Crippen LogP contribution in [0, 0.1) is 0 Å². The average Bonchev–Trinajstić information content (AvgIpc) is 3.91. The maximum absolute atomic E-state index is 12.0. The van der Waals surface area contributed by atoms with Crippen molar-refractivity contribution in [1.82, 2.24) is 14.8 Å². The monoisotopic (exact) mass is 785 g/mol. The summed E-state index contributed by atoms with van der Waals surface area (Å²) in [5, 5.41) is 8.11. The van der Waals surface area contributed by atoms with E-state index < -0.39 is 12.2 Å². The van der Waals surface area contributed by atoms with Gasteiger partial charge in [0.1, 0.15) is 0 Å². The van der Waals surface area contributed by atoms with Crippen LogP contribution in [0.3, 0.4) is 0 Å². The Morgan fingerprint density at radius 2 is 1.60 bits per heavy atom. The normalized spacial score (nSPS) is 19.6. The van der Waals surface area contributed by atoms with Crippen molar-refractivity contribution < 1.29 is 19.1 Å². The number of thiophene rings is 1. The van der Waals surface area contributed by atoms with E-state index in [2.05, 4.69) is 69.4 Å². The van der Waals surface area contributed by atoms with E-state index in [1.54, 1.807) is 6.08 Å². The number of anilines is 2. The number of nitrogens with zero attached hydrogens (tertiary/aromatic N) is 2. The Morgan fingerprint density at radius 3 is 2.35 bits per heavy atom. The Kier molecular flexibility index (Phi) is 13.8. The topological polar surface area (TPSA) is 98.9 Å². The van der Waals surface area contributed by atoms with Crippen LogP contribution in [0.5, 0.6) is 0 Å². The first-order valence-electron chi connectivity index (χ1n) is 19.8. The summed E-state index contributed by atoms with van der Waals surface area (Å²) in [4.78, 5) is 33.9. The van der Waals surface area contributed by atoms with E-state index in [1.165, 1.54) is 82.4 Å². The van der Waals surface area contributed by atoms with E-state index >= 15 is 0 Å². The molecule has 4 aliphatic heterocycles. The predicted molar refractivity (Wildman–Crippen MR) is 231 cm³/mol. The smallest absolute Gasteiger partial charge is 0.411 e. The fourth-order valence-corrected chi connectivity index (χ4v) is 9.65. The summed E-state index contributed by atoms with van der Waals surface area (Å²) in [5.41, 5.74) is 8.20. The van der Waals surface area contributed by atoms with Crippen molar-refractivity contribution in [2.45, 2.75) is 96.7 Å². The molecule has 294 valence electrons. The zero-order chi connectivity index (χ0) is 37.6. The zero-order valence-corrected chi connectivity index (χ0v) is 34.1. The third-order valence-electron chi connectivity index (χ3n) is 11.1. The highest BCUT2D eigenvalue weighted by Gasteiger charge is 2.30. The lowest BCUT2D eigenvalue weighted by atomic mass is 9.89. The number of carbonyl (C=O) groups excluding carboxylic acids is 2. The predicted octanol–water partition coefficient (Wildman–Crippen LogP) is 11.0. The van der Waals surface area contributed by atoms with E-state index in [0.29, 0.717) is 25.1 Å². The minimum atomic E-state index is -0.428. The second-order valence-electron chi connectivity index (χ2n) is 15.1. The number of rotatable bonds is 9. The van der Waals surface area contributed by atoms with Crippen molar-refractivity contribution in [3.8, 4) is 0 Å². The van der Waals surface area contributed by atoms with E-state index in [0.717, 1.165) is 54.6 Å². The quantitative estimate of drug-likeness (QED) is 0.115. The SMILES string of the molecule is C=CCCOC(=O)Nc1ccc2[nH]cc(C3=CCN4CCCCC4C3)c2c1.CCc1sc2ccc(NC(=O)OC(C)C)cc2c1C1=CCN2CCCC2C1.Cl. The number of halogens is 1. The van der Waals surface area contributed by atoms with Gasteiger partial charge in [-0.05, 0) is 131 Å². The molecule has 8 rings (SSSR count). The van der Waals surface area contributed by atoms with Gasteiger partial charge in [-0.3, -0.25) is 20.4 Å². The van der Waals surface area contributed by atoms with Gasteiger partial charge >= 0.3 is 12.2 Å². The summed E-state index contributed by atoms with van der Waals surface area (Å²) < 4.78 is 11.7. The number of piperidine rings is 1. The van der Waals surface area contributed by atoms with Crippen LogP contribution in [0.25, 0.3) is 32.1 Å². The van der Waals surface area contributed by atoms with Crippen LogP contribution < -0.4 is 10.6 Å². The molecule has 9 nitrogen and oxygen atoms in total. The molecule has 4 aromatic rings. The van der Waals surface area contributed by atoms with Crippen LogP contribution in [0.4, 0.5) is 21.0 Å². The summed E-state index contributed by atoms with van der Waals surface area (Å²) in [7, 11) is 0. The van der Waals surface area contributed by atoms with Gasteiger partial charge in [-0.25, -0.2) is 9.59 Å². The van der Waals surface area contributed by atoms with Gasteiger partial charge in [0.15, 0.2) is 0 Å². The number of benzene rings is 2. The van der Waals surface area contributed by atoms with Crippen molar-refractivity contribution in [2.24, 2.45) is 0 Å². The molecule has 2 atom stereocenters. The van der Waals surface area contributed by atoms with Crippen LogP contribution in [-0.2, 0) is 15.9 Å². The number of H-pyrrole nitrogens is 1. The van der Waals surface area contributed by atoms with Gasteiger partial charge in [0.05, 0.1) is 12.7 Å². The molecule has 0 spiro atoms. The Morgan fingerprint density at radius 1 is 0.927 bits per heavy atom. The minimum Gasteiger partial charge on any atom is -0.449 e. The van der Waals surface area contributed by atoms with E-state index in [1.807, 2.05) is 49.4 Å². The fraction of sp³-hybridized carbons (Fsp3) is 0.455. The van der Waals surface area contributed by atoms with E-state index in [-0.39, 0.29) is 18.5 Å². The number of aromatic amines is 1. The molecular formula is C44H56ClN5O4S. The maximum atomic E-state index is 12.0. The molecular weight excluding hydrogens is 730 g/mol. The Labute approximate surface area is 335 Å². The largest absolute Gasteiger partial charge is 0.449 e. The van der Waals surface area contributed by atoms with Gasteiger partial charge in [0, 0.05) is 74.2 Å². The highest BCUT2D eigenvalue weighted by atomic mass is 35.5. The third kappa shape index (κ3) is 9.66. The van der Waals surface area contributed by atoms with Crippen molar-refractivity contribution in [2.75, 3.05) is 43.4 Å². The number of amides is 2. The van der Waals surface area contributed by atoms with Crippen LogP contribution >= 0.6 is 23.7 Å². The number of fused-ring (bicyclic) bond motifs is 4. The lowest BCUT2D eigenvalue weighted by Crippen LogP contribution is -2.41. The molecule has 2 aromatic heterocycles. The van der Waals surface area contributed by atoms with Crippen molar-refractivity contribution in [1.29, 1.82) is 0 Å². The number of ether oxygens (including phenoxy) is 2. The summed E-state index contributed by atoms with van der Waals surface area (Å²) in [6, 6.07) is 13.5. The van der Waals surface area contributed by atoms with E-state index in [9.17, 15) is 9.59 Å². The highest BCUT2D eigenvalue weighted by molar-refractivity contribution is 7.19. The first kappa shape index (κ1) is 40.6. The second kappa shape index (κ2) is 18.7. The lowest BCUT2D eigenvalue weighted by Gasteiger charge is -2.38. The molecule has 55 heavy (non-hydrogen) atoms. The van der Waals surface area contributed by atoms with Crippen molar-refractivity contribution >= 4 is 79.4 Å². The summed E-state index contributed by atoms with van der Waals surface area (Å²) in [6.45, 7) is 14.5. The molecule has 2 amide bonds. The molecule has 2 saturated heterocycles. The van der Waals surface area contributed by atoms with Crippen molar-refractivity contribution in [3.05, 3.63) is 83.4 Å². The number of aromatic nitrogens is 1. The Bertz CT molecular complexity index is 2050. The average molecular weight is 786 g/mol. The molecule has 6 heterocycles. The van der Waals surface area contributed by atoms with Gasteiger partial charge in [-0.1, -0.05) is 31.6 Å². The minimum absolute atomic E-state index is 0. The molecule has 11 heteroatoms. The molecule has 0 radical (unpaired) electrons. The fourth-order valence-electron chi connectivity index (χ4n) is 8.49. The van der Waals surface area contributed by atoms with Gasteiger partial charge < -0.3 is 14.5 Å². The van der Waals surface area contributed by atoms with Gasteiger partial charge in [0.2, 0.25) is 0 Å². The molecule has 0 aliphatic carbocycles. The lowest BCUT2D eigenvalue weighted by molar-refractivity contribution is 0.130. The first-order chi connectivity index (χ1) is 26.3. The molecule has 2 fully saturated rings. The molecule has 0 bridgehead atoms. The number of hydrogen-bond donors (Lipinski definition) is 3. The molecule has 4 aliphatic rings. The molecule has 2 aromatic carbocycles. The van der Waals surface area contributed by atoms with E-state index in [4.69, 9.17) is 9.47 Å². The summed E-state index contributed by atoms with van der Waals surface area (Å²) >= 11 is 1.88. The Balaban J connectivity index is 0.000000184. The Hall–Kier alpha value is -4.09. The molecule has 0 saturated carbocycles. The molecule has 2 unspecified atom stereocenters. The highest BCUT2D eigenvalue weighted by Crippen LogP contribution is 2.42. The molecule has 3 N–H and O–H groups in total. The second-order valence-corrected chi connectivity index (χ2v) is 16.3.